The van der Waals surface area contributed by atoms with E-state index in [1.54, 1.807) is 34.0 Å². The van der Waals surface area contributed by atoms with Crippen LogP contribution in [0, 0.1) is 26.2 Å². The molecule has 1 aromatic carbocycles. The summed E-state index contributed by atoms with van der Waals surface area (Å²) < 4.78 is 13.5. The summed E-state index contributed by atoms with van der Waals surface area (Å²) in [7, 11) is 1.63. The maximum Gasteiger partial charge on any atom is 0.350 e. The van der Waals surface area contributed by atoms with Crippen LogP contribution in [0.15, 0.2) is 22.3 Å². The van der Waals surface area contributed by atoms with E-state index in [4.69, 9.17) is 50.7 Å². The molecule has 1 atom stereocenters. The van der Waals surface area contributed by atoms with Gasteiger partial charge < -0.3 is 14.4 Å². The number of alkyl halides is 1. The molecule has 39 heavy (non-hydrogen) atoms. The van der Waals surface area contributed by atoms with Gasteiger partial charge in [0.2, 0.25) is 5.91 Å². The first-order chi connectivity index (χ1) is 18.6. The van der Waals surface area contributed by atoms with E-state index in [1.807, 2.05) is 20.8 Å². The van der Waals surface area contributed by atoms with Gasteiger partial charge in [0.25, 0.3) is 0 Å². The Morgan fingerprint density at radius 3 is 2.62 bits per heavy atom. The van der Waals surface area contributed by atoms with Crippen LogP contribution in [0.5, 0.6) is 5.75 Å². The Morgan fingerprint density at radius 1 is 1.28 bits per heavy atom. The number of carbonyl (C=O) groups is 1. The molecule has 8 nitrogen and oxygen atoms in total. The van der Waals surface area contributed by atoms with E-state index in [0.29, 0.717) is 34.6 Å². The predicted octanol–water partition coefficient (Wildman–Crippen LogP) is 5.66. The van der Waals surface area contributed by atoms with E-state index < -0.39 is 0 Å². The van der Waals surface area contributed by atoms with Crippen LogP contribution in [-0.4, -0.2) is 52.5 Å². The fraction of sp³-hybridized carbons (Fsp3) is 0.444. The van der Waals surface area contributed by atoms with Crippen LogP contribution < -0.4 is 15.3 Å². The summed E-state index contributed by atoms with van der Waals surface area (Å²) in [6.45, 7) is 7.24. The highest BCUT2D eigenvalue weighted by Crippen LogP contribution is 2.33. The molecule has 12 heteroatoms. The molecule has 210 valence electrons. The van der Waals surface area contributed by atoms with Gasteiger partial charge in [-0.2, -0.15) is 4.68 Å². The van der Waals surface area contributed by atoms with Crippen molar-refractivity contribution >= 4 is 57.7 Å². The van der Waals surface area contributed by atoms with E-state index in [1.165, 1.54) is 10.7 Å². The smallest absolute Gasteiger partial charge is 0.350 e. The van der Waals surface area contributed by atoms with Gasteiger partial charge in [0.15, 0.2) is 0 Å². The fourth-order valence-corrected chi connectivity index (χ4v) is 5.85. The Labute approximate surface area is 247 Å². The number of benzene rings is 1. The molecule has 0 saturated heterocycles. The maximum atomic E-state index is 12.5. The molecule has 3 heterocycles. The molecule has 4 rings (SSSR count). The van der Waals surface area contributed by atoms with Crippen molar-refractivity contribution in [3.63, 3.8) is 0 Å². The number of amides is 1. The lowest BCUT2D eigenvalue weighted by Crippen LogP contribution is -2.42. The van der Waals surface area contributed by atoms with Crippen LogP contribution in [0.3, 0.4) is 0 Å². The summed E-state index contributed by atoms with van der Waals surface area (Å²) in [6.07, 6.45) is 7.97. The average molecular weight is 614 g/mol. The third-order valence-electron chi connectivity index (χ3n) is 6.10. The number of methoxy groups -OCH3 is 1. The van der Waals surface area contributed by atoms with Crippen molar-refractivity contribution in [1.29, 1.82) is 0 Å². The minimum Gasteiger partial charge on any atom is -0.479 e. The quantitative estimate of drug-likeness (QED) is 0.242. The second-order valence-corrected chi connectivity index (χ2v) is 11.1. The van der Waals surface area contributed by atoms with E-state index in [2.05, 4.69) is 16.4 Å². The number of nitrogens with zero attached hydrogens (tertiary/aromatic N) is 4. The molecule has 1 unspecified atom stereocenters. The minimum atomic E-state index is -0.207. The van der Waals surface area contributed by atoms with Gasteiger partial charge in [0, 0.05) is 31.0 Å². The highest BCUT2D eigenvalue weighted by Gasteiger charge is 2.25. The Balaban J connectivity index is 0.000000224. The summed E-state index contributed by atoms with van der Waals surface area (Å²) in [5, 5.41) is 7.09. The van der Waals surface area contributed by atoms with E-state index >= 15 is 0 Å². The molecule has 1 amide bonds. The average Bonchev–Trinajstić information content (AvgIpc) is 3.42. The zero-order valence-corrected chi connectivity index (χ0v) is 25.4. The molecular formula is C27H31Cl3N4O4S. The molecule has 0 spiro atoms. The summed E-state index contributed by atoms with van der Waals surface area (Å²) in [4.78, 5) is 27.3. The number of ether oxygens (including phenoxy) is 2. The number of hydrogen-bond donors (Lipinski definition) is 0. The van der Waals surface area contributed by atoms with Gasteiger partial charge in [0.05, 0.1) is 34.1 Å². The number of fused-ring (bicyclic) bond motifs is 1. The lowest BCUT2D eigenvalue weighted by Gasteiger charge is -2.29. The van der Waals surface area contributed by atoms with Crippen LogP contribution in [-0.2, 0) is 22.5 Å². The lowest BCUT2D eigenvalue weighted by atomic mass is 10.2. The van der Waals surface area contributed by atoms with Gasteiger partial charge in [-0.3, -0.25) is 9.36 Å². The second-order valence-electron chi connectivity index (χ2n) is 8.97. The van der Waals surface area contributed by atoms with Crippen molar-refractivity contribution in [1.82, 2.24) is 14.3 Å². The van der Waals surface area contributed by atoms with Crippen LogP contribution in [0.4, 0.5) is 5.69 Å². The molecule has 2 aromatic heterocycles. The first-order valence-electron chi connectivity index (χ1n) is 12.3. The topological polar surface area (TPSA) is 78.6 Å². The third kappa shape index (κ3) is 7.19. The zero-order chi connectivity index (χ0) is 28.7. The number of anilines is 1. The first kappa shape index (κ1) is 31.1. The van der Waals surface area contributed by atoms with Crippen molar-refractivity contribution in [3.8, 4) is 23.8 Å². The van der Waals surface area contributed by atoms with Crippen molar-refractivity contribution in [2.45, 2.75) is 52.6 Å². The molecule has 1 aliphatic heterocycles. The number of aryl methyl sites for hydroxylation is 3. The summed E-state index contributed by atoms with van der Waals surface area (Å²) in [5.74, 6) is 3.42. The Kier molecular flexibility index (Phi) is 11.3. The highest BCUT2D eigenvalue weighted by atomic mass is 35.5. The molecular weight excluding hydrogens is 583 g/mol. The Hall–Kier alpha value is -2.48. The summed E-state index contributed by atoms with van der Waals surface area (Å²) in [5.41, 5.74) is 2.31. The van der Waals surface area contributed by atoms with Crippen LogP contribution in [0.2, 0.25) is 10.0 Å². The van der Waals surface area contributed by atoms with Crippen molar-refractivity contribution in [2.75, 3.05) is 31.1 Å². The van der Waals surface area contributed by atoms with Crippen LogP contribution in [0.25, 0.3) is 5.69 Å². The van der Waals surface area contributed by atoms with Crippen LogP contribution >= 0.6 is 46.1 Å². The van der Waals surface area contributed by atoms with Crippen molar-refractivity contribution in [3.05, 3.63) is 54.3 Å². The number of aromatic nitrogens is 3. The number of thiophene rings is 1. The number of halogens is 3. The largest absolute Gasteiger partial charge is 0.479 e. The zero-order valence-electron chi connectivity index (χ0n) is 22.3. The molecule has 0 saturated carbocycles. The van der Waals surface area contributed by atoms with Gasteiger partial charge in [0.1, 0.15) is 24.1 Å². The predicted molar refractivity (Wildman–Crippen MR) is 158 cm³/mol. The molecule has 3 aromatic rings. The van der Waals surface area contributed by atoms with Gasteiger partial charge >= 0.3 is 5.69 Å². The van der Waals surface area contributed by atoms with E-state index in [9.17, 15) is 9.59 Å². The SMILES string of the molecule is C#CCOc1cc(-n2nc3n(c2=O)CCCC3)c(Cl)cc1Cl.COCC(C)N(C(=O)CCl)c1c(C)csc1C. The molecule has 0 fully saturated rings. The second kappa shape index (κ2) is 14.2. The van der Waals surface area contributed by atoms with E-state index in [-0.39, 0.29) is 30.1 Å². The van der Waals surface area contributed by atoms with Crippen molar-refractivity contribution in [2.24, 2.45) is 0 Å². The molecule has 1 aliphatic rings. The highest BCUT2D eigenvalue weighted by molar-refractivity contribution is 7.10. The van der Waals surface area contributed by atoms with Gasteiger partial charge in [-0.1, -0.05) is 29.1 Å². The van der Waals surface area contributed by atoms with Crippen LogP contribution in [0.1, 0.15) is 36.0 Å². The lowest BCUT2D eigenvalue weighted by molar-refractivity contribution is -0.116. The molecule has 0 aliphatic carbocycles. The van der Waals surface area contributed by atoms with E-state index in [0.717, 1.165) is 41.2 Å². The number of hydrogen-bond acceptors (Lipinski definition) is 6. The Bertz CT molecular complexity index is 1390. The monoisotopic (exact) mass is 612 g/mol. The summed E-state index contributed by atoms with van der Waals surface area (Å²) in [6, 6.07) is 3.09. The summed E-state index contributed by atoms with van der Waals surface area (Å²) >= 11 is 19.6. The minimum absolute atomic E-state index is 0.0111. The third-order valence-corrected chi connectivity index (χ3v) is 7.95. The van der Waals surface area contributed by atoms with Gasteiger partial charge in [-0.25, -0.2) is 4.79 Å². The Morgan fingerprint density at radius 2 is 2.03 bits per heavy atom. The number of rotatable bonds is 8. The standard InChI is InChI=1S/C15H13Cl2N3O2.C12H18ClNO2S/c1-2-7-22-13-9-12(10(16)8-11(13)17)20-15(21)19-6-4-3-5-14(19)18-20;1-8-7-17-10(3)12(8)14(11(15)5-13)9(2)6-16-4/h1,8-9H,3-7H2;7,9H,5-6H2,1-4H3. The maximum absolute atomic E-state index is 12.5. The molecule has 0 radical (unpaired) electrons. The van der Waals surface area contributed by atoms with Gasteiger partial charge in [-0.05, 0) is 50.6 Å². The molecule has 0 bridgehead atoms. The molecule has 0 N–H and O–H groups in total. The number of carbonyl (C=O) groups excluding carboxylic acids is 1. The fourth-order valence-electron chi connectivity index (χ4n) is 4.36. The van der Waals surface area contributed by atoms with Crippen molar-refractivity contribution < 1.29 is 14.3 Å². The normalized spacial score (nSPS) is 13.1. The number of terminal acetylenes is 1. The first-order valence-corrected chi connectivity index (χ1v) is 14.5. The van der Waals surface area contributed by atoms with Gasteiger partial charge in [-0.15, -0.1) is 34.5 Å².